The summed E-state index contributed by atoms with van der Waals surface area (Å²) in [4.78, 5) is 21.6. The lowest BCUT2D eigenvalue weighted by atomic mass is 10.2. The lowest BCUT2D eigenvalue weighted by Gasteiger charge is -2.07. The predicted octanol–water partition coefficient (Wildman–Crippen LogP) is 3.11. The number of pyridine rings is 1. The molecule has 0 bridgehead atoms. The number of benzene rings is 2. The van der Waals surface area contributed by atoms with E-state index in [4.69, 9.17) is 9.57 Å². The van der Waals surface area contributed by atoms with Crippen molar-refractivity contribution in [2.24, 2.45) is 0 Å². The first kappa shape index (κ1) is 15.0. The predicted molar refractivity (Wildman–Crippen MR) is 87.0 cm³/mol. The Morgan fingerprint density at radius 2 is 1.91 bits per heavy atom. The molecule has 5 heteroatoms. The number of fused-ring (bicyclic) bond motifs is 1. The average Bonchev–Trinajstić information content (AvgIpc) is 2.61. The number of amides is 1. The second kappa shape index (κ2) is 6.89. The van der Waals surface area contributed by atoms with Crippen LogP contribution < -0.4 is 10.2 Å². The van der Waals surface area contributed by atoms with E-state index in [9.17, 15) is 4.79 Å². The summed E-state index contributed by atoms with van der Waals surface area (Å²) in [6, 6.07) is 18.6. The van der Waals surface area contributed by atoms with Crippen LogP contribution in [0.3, 0.4) is 0 Å². The number of nitrogens with zero attached hydrogens (tertiary/aromatic N) is 1. The molecule has 23 heavy (non-hydrogen) atoms. The Hall–Kier alpha value is -2.92. The lowest BCUT2D eigenvalue weighted by molar-refractivity contribution is 0.0229. The van der Waals surface area contributed by atoms with Crippen LogP contribution in [0.2, 0.25) is 0 Å². The van der Waals surface area contributed by atoms with Gasteiger partial charge in [0.05, 0.1) is 19.2 Å². The second-order valence-corrected chi connectivity index (χ2v) is 4.96. The molecule has 3 aromatic rings. The molecule has 0 aliphatic carbocycles. The molecule has 0 unspecified atom stereocenters. The van der Waals surface area contributed by atoms with Crippen molar-refractivity contribution >= 4 is 16.8 Å². The van der Waals surface area contributed by atoms with Crippen molar-refractivity contribution in [2.45, 2.75) is 6.61 Å². The largest absolute Gasteiger partial charge is 0.497 e. The van der Waals surface area contributed by atoms with E-state index in [1.807, 2.05) is 54.6 Å². The Morgan fingerprint density at radius 1 is 1.09 bits per heavy atom. The molecular formula is C18H16N2O3. The van der Waals surface area contributed by atoms with Gasteiger partial charge in [-0.3, -0.25) is 9.63 Å². The Balaban J connectivity index is 1.66. The standard InChI is InChI=1S/C18H16N2O3/c1-22-15-8-10-16-14(11-15)7-9-17(19-16)18(21)20-23-12-13-5-3-2-4-6-13/h2-11H,12H2,1H3,(H,20,21). The number of nitrogens with one attached hydrogen (secondary N) is 1. The molecule has 0 radical (unpaired) electrons. The zero-order chi connectivity index (χ0) is 16.1. The van der Waals surface area contributed by atoms with E-state index in [0.29, 0.717) is 12.3 Å². The van der Waals surface area contributed by atoms with Crippen molar-refractivity contribution in [2.75, 3.05) is 7.11 Å². The average molecular weight is 308 g/mol. The van der Waals surface area contributed by atoms with Crippen LogP contribution in [0, 0.1) is 0 Å². The van der Waals surface area contributed by atoms with Crippen molar-refractivity contribution in [1.82, 2.24) is 10.5 Å². The summed E-state index contributed by atoms with van der Waals surface area (Å²) in [6.07, 6.45) is 0. The van der Waals surface area contributed by atoms with Gasteiger partial charge in [-0.2, -0.15) is 0 Å². The third-order valence-corrected chi connectivity index (χ3v) is 3.38. The molecule has 0 aliphatic rings. The summed E-state index contributed by atoms with van der Waals surface area (Å²) in [7, 11) is 1.61. The summed E-state index contributed by atoms with van der Waals surface area (Å²) in [6.45, 7) is 0.303. The molecule has 116 valence electrons. The van der Waals surface area contributed by atoms with Gasteiger partial charge in [-0.1, -0.05) is 36.4 Å². The summed E-state index contributed by atoms with van der Waals surface area (Å²) in [5.41, 5.74) is 4.41. The van der Waals surface area contributed by atoms with Gasteiger partial charge in [-0.25, -0.2) is 10.5 Å². The van der Waals surface area contributed by atoms with Crippen LogP contribution in [0.5, 0.6) is 5.75 Å². The quantitative estimate of drug-likeness (QED) is 0.736. The van der Waals surface area contributed by atoms with Crippen LogP contribution in [0.15, 0.2) is 60.7 Å². The number of methoxy groups -OCH3 is 1. The third-order valence-electron chi connectivity index (χ3n) is 3.38. The highest BCUT2D eigenvalue weighted by molar-refractivity contribution is 5.94. The van der Waals surface area contributed by atoms with Crippen molar-refractivity contribution in [3.05, 3.63) is 71.9 Å². The van der Waals surface area contributed by atoms with E-state index in [1.54, 1.807) is 13.2 Å². The van der Waals surface area contributed by atoms with E-state index < -0.39 is 0 Å². The zero-order valence-corrected chi connectivity index (χ0v) is 12.7. The number of hydrogen-bond donors (Lipinski definition) is 1. The lowest BCUT2D eigenvalue weighted by Crippen LogP contribution is -2.24. The monoisotopic (exact) mass is 308 g/mol. The molecule has 0 fully saturated rings. The number of carbonyl (C=O) groups excluding carboxylic acids is 1. The Bertz CT molecular complexity index is 819. The van der Waals surface area contributed by atoms with Crippen LogP contribution in [0.1, 0.15) is 16.1 Å². The molecule has 0 aliphatic heterocycles. The first-order valence-corrected chi connectivity index (χ1v) is 7.17. The van der Waals surface area contributed by atoms with E-state index in [-0.39, 0.29) is 5.91 Å². The van der Waals surface area contributed by atoms with Crippen LogP contribution in [-0.4, -0.2) is 18.0 Å². The highest BCUT2D eigenvalue weighted by Crippen LogP contribution is 2.19. The molecule has 3 rings (SSSR count). The van der Waals surface area contributed by atoms with Gasteiger partial charge in [0, 0.05) is 5.39 Å². The SMILES string of the molecule is COc1ccc2nc(C(=O)NOCc3ccccc3)ccc2c1. The summed E-state index contributed by atoms with van der Waals surface area (Å²) in [5, 5.41) is 0.908. The van der Waals surface area contributed by atoms with Crippen molar-refractivity contribution in [3.63, 3.8) is 0 Å². The number of rotatable bonds is 5. The normalized spacial score (nSPS) is 10.5. The van der Waals surface area contributed by atoms with Crippen LogP contribution >= 0.6 is 0 Å². The fourth-order valence-electron chi connectivity index (χ4n) is 2.17. The fourth-order valence-corrected chi connectivity index (χ4v) is 2.17. The topological polar surface area (TPSA) is 60.5 Å². The van der Waals surface area contributed by atoms with Crippen LogP contribution in [0.4, 0.5) is 0 Å². The summed E-state index contributed by atoms with van der Waals surface area (Å²) < 4.78 is 5.17. The minimum Gasteiger partial charge on any atom is -0.497 e. The van der Waals surface area contributed by atoms with E-state index in [2.05, 4.69) is 10.5 Å². The smallest absolute Gasteiger partial charge is 0.293 e. The molecule has 0 atom stereocenters. The second-order valence-electron chi connectivity index (χ2n) is 4.96. The fraction of sp³-hybridized carbons (Fsp3) is 0.111. The van der Waals surface area contributed by atoms with Crippen molar-refractivity contribution in [3.8, 4) is 5.75 Å². The van der Waals surface area contributed by atoms with Gasteiger partial charge in [-0.15, -0.1) is 0 Å². The maximum absolute atomic E-state index is 12.1. The van der Waals surface area contributed by atoms with Crippen molar-refractivity contribution in [1.29, 1.82) is 0 Å². The molecule has 0 spiro atoms. The molecule has 0 saturated heterocycles. The van der Waals surface area contributed by atoms with Gasteiger partial charge in [0.15, 0.2) is 0 Å². The Morgan fingerprint density at radius 3 is 2.70 bits per heavy atom. The van der Waals surface area contributed by atoms with Gasteiger partial charge in [0.1, 0.15) is 11.4 Å². The van der Waals surface area contributed by atoms with Gasteiger partial charge >= 0.3 is 0 Å². The number of carbonyl (C=O) groups is 1. The number of hydrogen-bond acceptors (Lipinski definition) is 4. The first-order valence-electron chi connectivity index (χ1n) is 7.17. The van der Waals surface area contributed by atoms with Gasteiger partial charge in [-0.05, 0) is 29.8 Å². The van der Waals surface area contributed by atoms with Crippen LogP contribution in [-0.2, 0) is 11.4 Å². The van der Waals surface area contributed by atoms with Crippen LogP contribution in [0.25, 0.3) is 10.9 Å². The summed E-state index contributed by atoms with van der Waals surface area (Å²) in [5.74, 6) is 0.376. The number of ether oxygens (including phenoxy) is 1. The molecule has 0 saturated carbocycles. The Labute approximate surface area is 133 Å². The third kappa shape index (κ3) is 3.64. The summed E-state index contributed by atoms with van der Waals surface area (Å²) >= 11 is 0. The number of hydroxylamine groups is 1. The molecule has 1 amide bonds. The molecule has 5 nitrogen and oxygen atoms in total. The Kier molecular flexibility index (Phi) is 4.49. The van der Waals surface area contributed by atoms with Crippen molar-refractivity contribution < 1.29 is 14.4 Å². The molecular weight excluding hydrogens is 292 g/mol. The minimum absolute atomic E-state index is 0.302. The van der Waals surface area contributed by atoms with Gasteiger partial charge in [0.2, 0.25) is 0 Å². The number of aromatic nitrogens is 1. The highest BCUT2D eigenvalue weighted by atomic mass is 16.6. The maximum Gasteiger partial charge on any atom is 0.293 e. The molecule has 1 heterocycles. The van der Waals surface area contributed by atoms with Gasteiger partial charge < -0.3 is 4.74 Å². The molecule has 2 aromatic carbocycles. The zero-order valence-electron chi connectivity index (χ0n) is 12.7. The highest BCUT2D eigenvalue weighted by Gasteiger charge is 2.08. The minimum atomic E-state index is -0.376. The van der Waals surface area contributed by atoms with Gasteiger partial charge in [0.25, 0.3) is 5.91 Å². The maximum atomic E-state index is 12.1. The first-order chi connectivity index (χ1) is 11.3. The van der Waals surface area contributed by atoms with E-state index in [0.717, 1.165) is 22.2 Å². The molecule has 1 N–H and O–H groups in total. The van der Waals surface area contributed by atoms with E-state index in [1.165, 1.54) is 0 Å². The van der Waals surface area contributed by atoms with E-state index >= 15 is 0 Å². The molecule has 1 aromatic heterocycles.